The zero-order valence-electron chi connectivity index (χ0n) is 24.3. The first-order valence-electron chi connectivity index (χ1n) is 14.8. The van der Waals surface area contributed by atoms with Crippen LogP contribution in [0.15, 0.2) is 89.9 Å². The van der Waals surface area contributed by atoms with Gasteiger partial charge in [0.2, 0.25) is 5.43 Å². The van der Waals surface area contributed by atoms with Gasteiger partial charge in [0.25, 0.3) is 5.91 Å². The normalized spacial score (nSPS) is 16.6. The predicted molar refractivity (Wildman–Crippen MR) is 167 cm³/mol. The number of ether oxygens (including phenoxy) is 1. The van der Waals surface area contributed by atoms with Crippen molar-refractivity contribution >= 4 is 17.5 Å². The van der Waals surface area contributed by atoms with Crippen LogP contribution in [0, 0.1) is 0 Å². The van der Waals surface area contributed by atoms with Gasteiger partial charge < -0.3 is 9.64 Å². The van der Waals surface area contributed by atoms with Crippen LogP contribution < -0.4 is 15.2 Å². The molecule has 3 aromatic carbocycles. The minimum absolute atomic E-state index is 0.108. The van der Waals surface area contributed by atoms with Crippen molar-refractivity contribution in [1.82, 2.24) is 9.58 Å². The van der Waals surface area contributed by atoms with Gasteiger partial charge in [-0.25, -0.2) is 0 Å². The molecule has 0 N–H and O–H groups in total. The van der Waals surface area contributed by atoms with Crippen molar-refractivity contribution in [3.8, 4) is 5.75 Å². The molecule has 0 bridgehead atoms. The smallest absolute Gasteiger partial charge is 0.278 e. The molecule has 2 aliphatic rings. The molecule has 4 aromatic rings. The molecule has 7 heteroatoms. The summed E-state index contributed by atoms with van der Waals surface area (Å²) >= 11 is 6.35. The molecule has 1 aliphatic carbocycles. The van der Waals surface area contributed by atoms with Crippen LogP contribution in [0.2, 0.25) is 5.02 Å². The number of aromatic nitrogens is 1. The molecule has 1 aromatic heterocycles. The largest absolute Gasteiger partial charge is 0.487 e. The molecule has 0 fully saturated rings. The van der Waals surface area contributed by atoms with E-state index in [9.17, 15) is 9.59 Å². The lowest BCUT2D eigenvalue weighted by Gasteiger charge is -2.51. The number of unbranched alkanes of at least 4 members (excludes halogenated alkanes) is 1. The zero-order chi connectivity index (χ0) is 29.4. The van der Waals surface area contributed by atoms with Crippen LogP contribution >= 0.6 is 11.6 Å². The number of nitrogens with zero attached hydrogens (tertiary/aromatic N) is 3. The Labute approximate surface area is 252 Å². The summed E-state index contributed by atoms with van der Waals surface area (Å²) in [6.07, 6.45) is 4.78. The Morgan fingerprint density at radius 2 is 1.50 bits per heavy atom. The Hall–Kier alpha value is -4.03. The highest BCUT2D eigenvalue weighted by atomic mass is 35.5. The molecule has 0 saturated carbocycles. The van der Waals surface area contributed by atoms with Crippen molar-refractivity contribution in [2.75, 3.05) is 11.6 Å². The fourth-order valence-electron chi connectivity index (χ4n) is 6.34. The zero-order valence-corrected chi connectivity index (χ0v) is 25.1. The van der Waals surface area contributed by atoms with E-state index in [-0.39, 0.29) is 34.9 Å². The number of benzene rings is 3. The lowest BCUT2D eigenvalue weighted by atomic mass is 9.92. The molecule has 1 unspecified atom stereocenters. The van der Waals surface area contributed by atoms with Gasteiger partial charge in [-0.05, 0) is 73.1 Å². The number of aryl methyl sites for hydroxylation is 2. The van der Waals surface area contributed by atoms with Crippen LogP contribution in [0.25, 0.3) is 0 Å². The lowest BCUT2D eigenvalue weighted by molar-refractivity contribution is 0.0458. The monoisotopic (exact) mass is 581 g/mol. The van der Waals surface area contributed by atoms with Gasteiger partial charge in [-0.1, -0.05) is 85.6 Å². The van der Waals surface area contributed by atoms with Gasteiger partial charge in [-0.3, -0.25) is 19.3 Å². The minimum Gasteiger partial charge on any atom is -0.487 e. The minimum atomic E-state index is -0.488. The molecule has 1 aliphatic heterocycles. The molecular formula is C35H36ClN3O3. The molecule has 6 nitrogen and oxygen atoms in total. The molecule has 0 spiro atoms. The highest BCUT2D eigenvalue weighted by molar-refractivity contribution is 6.30. The van der Waals surface area contributed by atoms with E-state index in [1.807, 2.05) is 47.7 Å². The van der Waals surface area contributed by atoms with Gasteiger partial charge in [0.05, 0.1) is 12.6 Å². The lowest BCUT2D eigenvalue weighted by Crippen LogP contribution is -2.59. The average Bonchev–Trinajstić information content (AvgIpc) is 3.15. The van der Waals surface area contributed by atoms with Gasteiger partial charge in [0.1, 0.15) is 6.17 Å². The number of pyridine rings is 1. The molecule has 6 rings (SSSR count). The highest BCUT2D eigenvalue weighted by Crippen LogP contribution is 2.44. The second kappa shape index (κ2) is 11.7. The number of hydrogen-bond donors (Lipinski definition) is 0. The van der Waals surface area contributed by atoms with Crippen molar-refractivity contribution in [3.05, 3.63) is 134 Å². The third-order valence-corrected chi connectivity index (χ3v) is 8.58. The summed E-state index contributed by atoms with van der Waals surface area (Å²) in [6, 6.07) is 25.9. The van der Waals surface area contributed by atoms with Crippen molar-refractivity contribution in [2.45, 2.75) is 64.7 Å². The molecule has 0 radical (unpaired) electrons. The topological polar surface area (TPSA) is 54.8 Å². The number of carbonyl (C=O) groups is 1. The van der Waals surface area contributed by atoms with Crippen LogP contribution in [0.5, 0.6) is 5.75 Å². The summed E-state index contributed by atoms with van der Waals surface area (Å²) in [5, 5.41) is 2.89. The number of rotatable bonds is 7. The van der Waals surface area contributed by atoms with Gasteiger partial charge in [-0.2, -0.15) is 0 Å². The SMILES string of the molecule is CCCCOc1c2n(ccc1=O)N(C1c3ccccc3CCc3ccccc31)C(c1ccc(Cl)cc1)N(C(C)C)C2=O. The van der Waals surface area contributed by atoms with E-state index in [4.69, 9.17) is 16.3 Å². The molecule has 42 heavy (non-hydrogen) atoms. The second-order valence-corrected chi connectivity index (χ2v) is 11.8. The number of carbonyl (C=O) groups excluding carboxylic acids is 1. The maximum absolute atomic E-state index is 14.5. The molecule has 1 amide bonds. The van der Waals surface area contributed by atoms with Crippen LogP contribution in [0.1, 0.15) is 84.1 Å². The molecule has 2 heterocycles. The van der Waals surface area contributed by atoms with Crippen LogP contribution in [0.3, 0.4) is 0 Å². The third-order valence-electron chi connectivity index (χ3n) is 8.33. The van der Waals surface area contributed by atoms with Gasteiger partial charge in [-0.15, -0.1) is 0 Å². The van der Waals surface area contributed by atoms with Gasteiger partial charge >= 0.3 is 0 Å². The first-order chi connectivity index (χ1) is 20.4. The Kier molecular flexibility index (Phi) is 7.82. The Morgan fingerprint density at radius 3 is 2.10 bits per heavy atom. The van der Waals surface area contributed by atoms with E-state index >= 15 is 0 Å². The fraction of sp³-hybridized carbons (Fsp3) is 0.314. The van der Waals surface area contributed by atoms with Crippen molar-refractivity contribution < 1.29 is 9.53 Å². The second-order valence-electron chi connectivity index (χ2n) is 11.3. The Morgan fingerprint density at radius 1 is 0.881 bits per heavy atom. The molecule has 0 saturated heterocycles. The molecular weight excluding hydrogens is 546 g/mol. The Balaban J connectivity index is 1.69. The van der Waals surface area contributed by atoms with Crippen LogP contribution in [0.4, 0.5) is 0 Å². The highest BCUT2D eigenvalue weighted by Gasteiger charge is 2.46. The van der Waals surface area contributed by atoms with Crippen molar-refractivity contribution in [2.24, 2.45) is 0 Å². The third kappa shape index (κ3) is 4.88. The summed E-state index contributed by atoms with van der Waals surface area (Å²) in [7, 11) is 0. The summed E-state index contributed by atoms with van der Waals surface area (Å²) in [6.45, 7) is 6.47. The summed E-state index contributed by atoms with van der Waals surface area (Å²) < 4.78 is 7.99. The molecule has 216 valence electrons. The Bertz CT molecular complexity index is 1620. The van der Waals surface area contributed by atoms with Gasteiger partial charge in [0.15, 0.2) is 11.4 Å². The predicted octanol–water partition coefficient (Wildman–Crippen LogP) is 7.07. The first-order valence-corrected chi connectivity index (χ1v) is 15.2. The van der Waals surface area contributed by atoms with Crippen molar-refractivity contribution in [1.29, 1.82) is 0 Å². The van der Waals surface area contributed by atoms with E-state index in [0.29, 0.717) is 11.6 Å². The summed E-state index contributed by atoms with van der Waals surface area (Å²) in [4.78, 5) is 29.7. The van der Waals surface area contributed by atoms with E-state index in [0.717, 1.165) is 31.2 Å². The number of halogens is 1. The fourth-order valence-corrected chi connectivity index (χ4v) is 6.47. The van der Waals surface area contributed by atoms with E-state index in [2.05, 4.69) is 60.5 Å². The van der Waals surface area contributed by atoms with Crippen LogP contribution in [-0.4, -0.2) is 28.1 Å². The number of hydrogen-bond acceptors (Lipinski definition) is 4. The maximum atomic E-state index is 14.5. The number of fused-ring (bicyclic) bond motifs is 3. The van der Waals surface area contributed by atoms with Crippen LogP contribution in [-0.2, 0) is 12.8 Å². The standard InChI is InChI=1S/C35H36ClN3O3/c1-4-5-22-42-33-30(40)20-21-37-32(33)35(41)38(23(2)3)34(26-16-18-27(36)19-17-26)39(37)31-28-12-8-6-10-24(28)14-15-25-11-7-9-13-29(25)31/h6-13,16-21,23,31,34H,4-5,14-15,22H2,1-3H3. The summed E-state index contributed by atoms with van der Waals surface area (Å²) in [5.41, 5.74) is 5.79. The number of amides is 1. The van der Waals surface area contributed by atoms with E-state index in [1.165, 1.54) is 28.3 Å². The average molecular weight is 582 g/mol. The molecule has 1 atom stereocenters. The quantitative estimate of drug-likeness (QED) is 0.219. The maximum Gasteiger partial charge on any atom is 0.278 e. The first kappa shape index (κ1) is 28.1. The van der Waals surface area contributed by atoms with Gasteiger partial charge in [0, 0.05) is 23.3 Å². The van der Waals surface area contributed by atoms with Crippen molar-refractivity contribution in [3.63, 3.8) is 0 Å². The van der Waals surface area contributed by atoms with E-state index < -0.39 is 6.17 Å². The van der Waals surface area contributed by atoms with E-state index in [1.54, 1.807) is 6.20 Å². The summed E-state index contributed by atoms with van der Waals surface area (Å²) in [5.74, 6) is -0.128.